The Morgan fingerprint density at radius 1 is 1.27 bits per heavy atom. The number of carbonyl (C=O) groups excluding carboxylic acids is 1. The molecule has 0 aromatic carbocycles. The Bertz CT molecular complexity index is 194. The van der Waals surface area contributed by atoms with Gasteiger partial charge in [-0.15, -0.1) is 0 Å². The fourth-order valence-corrected chi connectivity index (χ4v) is 1.43. The Labute approximate surface area is 93.6 Å². The first-order chi connectivity index (χ1) is 6.70. The lowest BCUT2D eigenvalue weighted by atomic mass is 10.1. The number of hydrogen-bond acceptors (Lipinski definition) is 3. The van der Waals surface area contributed by atoms with Crippen molar-refractivity contribution >= 4 is 5.97 Å². The Hall–Kier alpha value is -0.570. The van der Waals surface area contributed by atoms with Crippen LogP contribution >= 0.6 is 0 Å². The van der Waals surface area contributed by atoms with E-state index in [0.717, 1.165) is 6.42 Å². The molecule has 3 nitrogen and oxygen atoms in total. The van der Waals surface area contributed by atoms with Crippen LogP contribution in [-0.2, 0) is 9.53 Å². The van der Waals surface area contributed by atoms with Crippen LogP contribution in [-0.4, -0.2) is 24.2 Å². The zero-order valence-electron chi connectivity index (χ0n) is 10.9. The van der Waals surface area contributed by atoms with E-state index in [9.17, 15) is 4.79 Å². The number of ether oxygens (including phenoxy) is 1. The van der Waals surface area contributed by atoms with Gasteiger partial charge in [-0.05, 0) is 40.0 Å². The normalized spacial score (nSPS) is 14.1. The number of esters is 1. The van der Waals surface area contributed by atoms with Gasteiger partial charge >= 0.3 is 5.97 Å². The van der Waals surface area contributed by atoms with Gasteiger partial charge in [0.25, 0.3) is 0 Å². The summed E-state index contributed by atoms with van der Waals surface area (Å²) in [6.45, 7) is 12.4. The highest BCUT2D eigenvalue weighted by atomic mass is 16.6. The lowest BCUT2D eigenvalue weighted by molar-refractivity contribution is -0.153. The molecular formula is C12H25NO2. The van der Waals surface area contributed by atoms with Crippen LogP contribution in [0.2, 0.25) is 0 Å². The van der Waals surface area contributed by atoms with E-state index >= 15 is 0 Å². The summed E-state index contributed by atoms with van der Waals surface area (Å²) in [7, 11) is 0. The third-order valence-corrected chi connectivity index (χ3v) is 1.84. The highest BCUT2D eigenvalue weighted by Crippen LogP contribution is 2.07. The summed E-state index contributed by atoms with van der Waals surface area (Å²) in [5, 5.41) is 3.16. The molecule has 1 atom stereocenters. The first-order valence-corrected chi connectivity index (χ1v) is 5.66. The zero-order chi connectivity index (χ0) is 12.1. The maximum Gasteiger partial charge on any atom is 0.320 e. The highest BCUT2D eigenvalue weighted by molar-refractivity contribution is 5.72. The van der Waals surface area contributed by atoms with E-state index in [1.165, 1.54) is 0 Å². The average Bonchev–Trinajstić information content (AvgIpc) is 1.96. The van der Waals surface area contributed by atoms with Crippen molar-refractivity contribution in [1.29, 1.82) is 0 Å². The second-order valence-corrected chi connectivity index (χ2v) is 5.50. The van der Waals surface area contributed by atoms with Crippen molar-refractivity contribution in [2.45, 2.75) is 59.6 Å². The van der Waals surface area contributed by atoms with E-state index in [2.05, 4.69) is 26.1 Å². The second-order valence-electron chi connectivity index (χ2n) is 5.50. The summed E-state index contributed by atoms with van der Waals surface area (Å²) in [5.74, 6) is 0.462. The SMILES string of the molecule is CC(C)CC(C)NCC(=O)OC(C)(C)C. The van der Waals surface area contributed by atoms with Crippen LogP contribution in [0.5, 0.6) is 0 Å². The summed E-state index contributed by atoms with van der Waals surface area (Å²) in [6, 6.07) is 0.359. The van der Waals surface area contributed by atoms with E-state index in [1.54, 1.807) is 0 Å². The number of carbonyl (C=O) groups is 1. The molecular weight excluding hydrogens is 190 g/mol. The Kier molecular flexibility index (Phi) is 5.88. The molecule has 0 radical (unpaired) electrons. The topological polar surface area (TPSA) is 38.3 Å². The zero-order valence-corrected chi connectivity index (χ0v) is 10.9. The maximum absolute atomic E-state index is 11.4. The molecule has 0 saturated heterocycles. The molecule has 0 fully saturated rings. The largest absolute Gasteiger partial charge is 0.459 e. The predicted octanol–water partition coefficient (Wildman–Crippen LogP) is 2.35. The molecule has 0 bridgehead atoms. The lowest BCUT2D eigenvalue weighted by Gasteiger charge is -2.21. The number of hydrogen-bond donors (Lipinski definition) is 1. The van der Waals surface area contributed by atoms with E-state index in [4.69, 9.17) is 4.74 Å². The quantitative estimate of drug-likeness (QED) is 0.715. The van der Waals surface area contributed by atoms with Gasteiger partial charge in [0.2, 0.25) is 0 Å². The molecule has 0 aromatic rings. The van der Waals surface area contributed by atoms with E-state index in [1.807, 2.05) is 20.8 Å². The molecule has 0 aliphatic carbocycles. The Balaban J connectivity index is 3.72. The third-order valence-electron chi connectivity index (χ3n) is 1.84. The molecule has 0 heterocycles. The summed E-state index contributed by atoms with van der Waals surface area (Å²) in [6.07, 6.45) is 1.07. The minimum absolute atomic E-state index is 0.182. The molecule has 0 saturated carbocycles. The van der Waals surface area contributed by atoms with Crippen LogP contribution in [0, 0.1) is 5.92 Å². The van der Waals surface area contributed by atoms with Crippen molar-refractivity contribution in [3.63, 3.8) is 0 Å². The molecule has 90 valence electrons. The maximum atomic E-state index is 11.4. The van der Waals surface area contributed by atoms with Gasteiger partial charge in [0.05, 0.1) is 6.54 Å². The van der Waals surface area contributed by atoms with Gasteiger partial charge in [0, 0.05) is 6.04 Å². The molecule has 0 aliphatic rings. The van der Waals surface area contributed by atoms with Gasteiger partial charge in [-0.2, -0.15) is 0 Å². The van der Waals surface area contributed by atoms with Crippen molar-refractivity contribution < 1.29 is 9.53 Å². The molecule has 15 heavy (non-hydrogen) atoms. The average molecular weight is 215 g/mol. The van der Waals surface area contributed by atoms with Crippen LogP contribution in [0.25, 0.3) is 0 Å². The van der Waals surface area contributed by atoms with Crippen LogP contribution in [0.4, 0.5) is 0 Å². The highest BCUT2D eigenvalue weighted by Gasteiger charge is 2.16. The lowest BCUT2D eigenvalue weighted by Crippen LogP contribution is -2.36. The fourth-order valence-electron chi connectivity index (χ4n) is 1.43. The minimum Gasteiger partial charge on any atom is -0.459 e. The van der Waals surface area contributed by atoms with E-state index in [0.29, 0.717) is 18.5 Å². The Morgan fingerprint density at radius 2 is 1.80 bits per heavy atom. The van der Waals surface area contributed by atoms with Crippen molar-refractivity contribution in [1.82, 2.24) is 5.32 Å². The van der Waals surface area contributed by atoms with Crippen LogP contribution < -0.4 is 5.32 Å². The van der Waals surface area contributed by atoms with Crippen LogP contribution in [0.15, 0.2) is 0 Å². The van der Waals surface area contributed by atoms with Crippen molar-refractivity contribution in [3.8, 4) is 0 Å². The minimum atomic E-state index is -0.389. The molecule has 0 spiro atoms. The molecule has 0 rings (SSSR count). The smallest absolute Gasteiger partial charge is 0.320 e. The summed E-state index contributed by atoms with van der Waals surface area (Å²) >= 11 is 0. The van der Waals surface area contributed by atoms with Gasteiger partial charge in [-0.25, -0.2) is 0 Å². The predicted molar refractivity (Wildman–Crippen MR) is 62.8 cm³/mol. The van der Waals surface area contributed by atoms with Crippen molar-refractivity contribution in [3.05, 3.63) is 0 Å². The summed E-state index contributed by atoms with van der Waals surface area (Å²) < 4.78 is 5.19. The van der Waals surface area contributed by atoms with Crippen molar-refractivity contribution in [2.75, 3.05) is 6.54 Å². The van der Waals surface area contributed by atoms with Gasteiger partial charge < -0.3 is 10.1 Å². The standard InChI is InChI=1S/C12H25NO2/c1-9(2)7-10(3)13-8-11(14)15-12(4,5)6/h9-10,13H,7-8H2,1-6H3. The molecule has 1 N–H and O–H groups in total. The van der Waals surface area contributed by atoms with E-state index in [-0.39, 0.29) is 11.6 Å². The van der Waals surface area contributed by atoms with Gasteiger partial charge in [-0.3, -0.25) is 4.79 Å². The van der Waals surface area contributed by atoms with Crippen LogP contribution in [0.3, 0.4) is 0 Å². The fraction of sp³-hybridized carbons (Fsp3) is 0.917. The number of rotatable bonds is 5. The summed E-state index contributed by atoms with van der Waals surface area (Å²) in [4.78, 5) is 11.4. The molecule has 1 unspecified atom stereocenters. The molecule has 0 aliphatic heterocycles. The molecule has 0 aromatic heterocycles. The monoisotopic (exact) mass is 215 g/mol. The third kappa shape index (κ3) is 9.73. The van der Waals surface area contributed by atoms with Gasteiger partial charge in [-0.1, -0.05) is 13.8 Å². The molecule has 0 amide bonds. The van der Waals surface area contributed by atoms with E-state index < -0.39 is 0 Å². The Morgan fingerprint density at radius 3 is 2.20 bits per heavy atom. The number of nitrogens with one attached hydrogen (secondary N) is 1. The van der Waals surface area contributed by atoms with Gasteiger partial charge in [0.15, 0.2) is 0 Å². The van der Waals surface area contributed by atoms with Gasteiger partial charge in [0.1, 0.15) is 5.60 Å². The first-order valence-electron chi connectivity index (χ1n) is 5.66. The van der Waals surface area contributed by atoms with Crippen molar-refractivity contribution in [2.24, 2.45) is 5.92 Å². The molecule has 3 heteroatoms. The second kappa shape index (κ2) is 6.11. The first kappa shape index (κ1) is 14.4. The summed E-state index contributed by atoms with van der Waals surface area (Å²) in [5.41, 5.74) is -0.389. The van der Waals surface area contributed by atoms with Crippen LogP contribution in [0.1, 0.15) is 48.0 Å².